The molecule has 5 aromatic rings. The van der Waals surface area contributed by atoms with Crippen molar-refractivity contribution in [3.8, 4) is 11.1 Å². The molecule has 1 aromatic carbocycles. The van der Waals surface area contributed by atoms with Crippen molar-refractivity contribution in [1.29, 1.82) is 0 Å². The molecule has 2 bridgehead atoms. The van der Waals surface area contributed by atoms with E-state index in [2.05, 4.69) is 5.10 Å². The third-order valence-electron chi connectivity index (χ3n) is 3.84. The Hall–Kier alpha value is -2.35. The number of carbonyl (C=O) groups excluding carboxylic acids is 1. The summed E-state index contributed by atoms with van der Waals surface area (Å²) in [5.41, 5.74) is 1.38. The van der Waals surface area contributed by atoms with Crippen molar-refractivity contribution in [3.63, 3.8) is 0 Å². The Balaban J connectivity index is 1.76. The Morgan fingerprint density at radius 1 is 1.27 bits per heavy atom. The zero-order chi connectivity index (χ0) is 18.3. The molecule has 9 heteroatoms. The normalized spacial score (nSPS) is 12.0. The number of sulfone groups is 1. The van der Waals surface area contributed by atoms with Crippen LogP contribution in [-0.4, -0.2) is 44.3 Å². The van der Waals surface area contributed by atoms with Crippen molar-refractivity contribution in [3.05, 3.63) is 54.1 Å². The maximum atomic E-state index is 12.7. The van der Waals surface area contributed by atoms with Crippen molar-refractivity contribution < 1.29 is 22.4 Å². The van der Waals surface area contributed by atoms with Crippen LogP contribution < -0.4 is 0 Å². The zero-order valence-electron chi connectivity index (χ0n) is 13.7. The van der Waals surface area contributed by atoms with Gasteiger partial charge < -0.3 is 0 Å². The molecule has 4 aromatic heterocycles. The van der Waals surface area contributed by atoms with E-state index in [0.29, 0.717) is 5.56 Å². The molecule has 0 unspecified atom stereocenters. The fourth-order valence-corrected chi connectivity index (χ4v) is 5.47. The molecule has 0 fully saturated rings. The summed E-state index contributed by atoms with van der Waals surface area (Å²) >= 11 is 0.117. The molecule has 0 aliphatic heterocycles. The van der Waals surface area contributed by atoms with Crippen LogP contribution in [0.15, 0.2) is 51.9 Å². The predicted octanol–water partition coefficient (Wildman–Crippen LogP) is 2.24. The van der Waals surface area contributed by atoms with Gasteiger partial charge in [0.05, 0.1) is 0 Å². The molecule has 4 heterocycles. The summed E-state index contributed by atoms with van der Waals surface area (Å²) < 4.78 is 38.8. The Bertz CT molecular complexity index is 1140. The maximum absolute atomic E-state index is 12.7. The molecular weight excluding hydrogens is 423 g/mol. The number of furan rings is 1. The van der Waals surface area contributed by atoms with Gasteiger partial charge >= 0.3 is 155 Å². The molecule has 134 valence electrons. The molecule has 0 spiro atoms. The van der Waals surface area contributed by atoms with Crippen molar-refractivity contribution in [2.45, 2.75) is 17.6 Å². The minimum absolute atomic E-state index is 0.00629. The van der Waals surface area contributed by atoms with E-state index in [4.69, 9.17) is 9.15 Å². The summed E-state index contributed by atoms with van der Waals surface area (Å²) in [6.45, 7) is 1.90. The summed E-state index contributed by atoms with van der Waals surface area (Å²) in [6.07, 6.45) is 1.84. The van der Waals surface area contributed by atoms with Gasteiger partial charge in [0.25, 0.3) is 0 Å². The Morgan fingerprint density at radius 3 is 2.62 bits per heavy atom. The van der Waals surface area contributed by atoms with Crippen LogP contribution in [0.2, 0.25) is 0 Å². The van der Waals surface area contributed by atoms with Gasteiger partial charge in [0, 0.05) is 0 Å². The van der Waals surface area contributed by atoms with Gasteiger partial charge in [-0.3, -0.25) is 0 Å². The third-order valence-corrected chi connectivity index (χ3v) is 7.25. The van der Waals surface area contributed by atoms with Crippen LogP contribution in [0, 0.1) is 0 Å². The number of rotatable bonds is 6. The second kappa shape index (κ2) is 6.42. The molecule has 5 rings (SSSR count). The molecule has 7 nitrogen and oxygen atoms in total. The number of hydrogen-bond donors (Lipinski definition) is 0. The van der Waals surface area contributed by atoms with E-state index >= 15 is 0 Å². The summed E-state index contributed by atoms with van der Waals surface area (Å²) in [7, 11) is -3.62. The molecule has 0 saturated heterocycles. The standard InChI is InChI=1S/C17H14N2O5SSe/c1-2-23-17(20)14-8-12(13-9-19-18-16(13)26-19)15(24-14)10-25(21,22)11-6-4-3-5-7-11/h3-9H,2,10H2,1H3. The topological polar surface area (TPSA) is 90.9 Å². The Labute approximate surface area is 155 Å². The molecule has 0 aliphatic carbocycles. The van der Waals surface area contributed by atoms with E-state index in [1.807, 2.05) is 9.71 Å². The number of ether oxygens (including phenoxy) is 1. The van der Waals surface area contributed by atoms with Crippen molar-refractivity contribution in [2.24, 2.45) is 0 Å². The van der Waals surface area contributed by atoms with Gasteiger partial charge in [-0.1, -0.05) is 0 Å². The van der Waals surface area contributed by atoms with Crippen LogP contribution in [0.5, 0.6) is 0 Å². The van der Waals surface area contributed by atoms with Crippen molar-refractivity contribution in [2.75, 3.05) is 6.61 Å². The summed E-state index contributed by atoms with van der Waals surface area (Å²) in [5.74, 6) is -0.747. The number of aromatic nitrogens is 2. The number of nitrogens with zero attached hydrogens (tertiary/aromatic N) is 2. The predicted molar refractivity (Wildman–Crippen MR) is 94.3 cm³/mol. The number of benzene rings is 1. The van der Waals surface area contributed by atoms with Crippen molar-refractivity contribution in [1.82, 2.24) is 8.61 Å². The average Bonchev–Trinajstić information content (AvgIpc) is 3.28. The number of carbonyl (C=O) groups is 1. The molecule has 0 amide bonds. The molecule has 26 heavy (non-hydrogen) atoms. The molecule has 0 saturated carbocycles. The summed E-state index contributed by atoms with van der Waals surface area (Å²) in [6, 6.07) is 9.70. The first kappa shape index (κ1) is 17.1. The van der Waals surface area contributed by atoms with E-state index in [0.717, 1.165) is 9.95 Å². The second-order valence-corrected chi connectivity index (χ2v) is 9.55. The van der Waals surface area contributed by atoms with Crippen LogP contribution in [0.25, 0.3) is 15.5 Å². The third kappa shape index (κ3) is 2.98. The van der Waals surface area contributed by atoms with Crippen molar-refractivity contribution >= 4 is 34.9 Å². The van der Waals surface area contributed by atoms with Crippen LogP contribution in [-0.2, 0) is 20.3 Å². The second-order valence-electron chi connectivity index (χ2n) is 5.58. The van der Waals surface area contributed by atoms with Gasteiger partial charge in [0.15, 0.2) is 0 Å². The molecular formula is C17H14N2O5SSe. The molecule has 0 atom stereocenters. The first-order valence-electron chi connectivity index (χ1n) is 7.84. The van der Waals surface area contributed by atoms with Crippen LogP contribution in [0.4, 0.5) is 0 Å². The molecule has 0 radical (unpaired) electrons. The SMILES string of the molecule is CCOC(=O)c1cc(-c2cn3nc2[se]3)c(CS(=O)(=O)c2ccccc2)o1. The Morgan fingerprint density at radius 2 is 2.00 bits per heavy atom. The van der Waals surface area contributed by atoms with Gasteiger partial charge in [0.1, 0.15) is 0 Å². The monoisotopic (exact) mass is 438 g/mol. The zero-order valence-corrected chi connectivity index (χ0v) is 16.2. The Kier molecular flexibility index (Phi) is 4.22. The number of esters is 1. The summed E-state index contributed by atoms with van der Waals surface area (Å²) in [4.78, 5) is 12.2. The van der Waals surface area contributed by atoms with Gasteiger partial charge in [-0.25, -0.2) is 0 Å². The van der Waals surface area contributed by atoms with E-state index in [1.54, 1.807) is 31.2 Å². The fourth-order valence-electron chi connectivity index (χ4n) is 2.64. The number of hydrogen-bond acceptors (Lipinski definition) is 6. The fraction of sp³-hybridized carbons (Fsp3) is 0.176. The van der Waals surface area contributed by atoms with Gasteiger partial charge in [-0.05, 0) is 0 Å². The minimum atomic E-state index is -3.62. The van der Waals surface area contributed by atoms with E-state index in [9.17, 15) is 13.2 Å². The first-order chi connectivity index (χ1) is 12.5. The number of fused-ring (bicyclic) bond motifs is 1. The van der Waals surface area contributed by atoms with E-state index in [-0.39, 0.29) is 43.5 Å². The van der Waals surface area contributed by atoms with Crippen LogP contribution >= 0.6 is 0 Å². The van der Waals surface area contributed by atoms with Gasteiger partial charge in [0.2, 0.25) is 0 Å². The van der Waals surface area contributed by atoms with Gasteiger partial charge in [-0.15, -0.1) is 0 Å². The quantitative estimate of drug-likeness (QED) is 0.340. The summed E-state index contributed by atoms with van der Waals surface area (Å²) in [5, 5.41) is 4.26. The molecule has 0 N–H and O–H groups in total. The van der Waals surface area contributed by atoms with E-state index in [1.165, 1.54) is 12.1 Å². The van der Waals surface area contributed by atoms with E-state index < -0.39 is 15.8 Å². The van der Waals surface area contributed by atoms with Crippen LogP contribution in [0.3, 0.4) is 0 Å². The van der Waals surface area contributed by atoms with Gasteiger partial charge in [-0.2, -0.15) is 0 Å². The average molecular weight is 437 g/mol. The molecule has 0 aliphatic rings. The van der Waals surface area contributed by atoms with Crippen LogP contribution in [0.1, 0.15) is 23.2 Å². The first-order valence-corrected chi connectivity index (χ1v) is 11.1.